The lowest BCUT2D eigenvalue weighted by atomic mass is 10.1. The van der Waals surface area contributed by atoms with Gasteiger partial charge < -0.3 is 10.2 Å². The zero-order chi connectivity index (χ0) is 10.0. The smallest absolute Gasteiger partial charge is 0.508 e. The van der Waals surface area contributed by atoms with E-state index in [-0.39, 0.29) is 11.5 Å². The van der Waals surface area contributed by atoms with Gasteiger partial charge in [-0.25, -0.2) is 0 Å². The molecule has 1 aromatic rings. The molecule has 13 heavy (non-hydrogen) atoms. The molecular formula is C8H10O4P+. The van der Waals surface area contributed by atoms with E-state index in [1.807, 2.05) is 0 Å². The Kier molecular flexibility index (Phi) is 2.86. The lowest BCUT2D eigenvalue weighted by molar-refractivity contribution is 0.448. The highest BCUT2D eigenvalue weighted by Gasteiger charge is 2.25. The Labute approximate surface area is 76.3 Å². The number of phenols is 2. The van der Waals surface area contributed by atoms with E-state index in [9.17, 15) is 4.57 Å². The van der Waals surface area contributed by atoms with E-state index in [0.717, 1.165) is 0 Å². The fourth-order valence-electron chi connectivity index (χ4n) is 0.987. The van der Waals surface area contributed by atoms with Crippen molar-refractivity contribution in [1.29, 1.82) is 0 Å². The van der Waals surface area contributed by atoms with Crippen LogP contribution in [0.15, 0.2) is 18.2 Å². The predicted octanol–water partition coefficient (Wildman–Crippen LogP) is 1.89. The fourth-order valence-corrected chi connectivity index (χ4v) is 1.39. The number of hydrogen-bond acceptors (Lipinski definition) is 3. The first-order valence-corrected chi connectivity index (χ1v) is 4.97. The Morgan fingerprint density at radius 2 is 1.69 bits per heavy atom. The number of benzene rings is 1. The average Bonchev–Trinajstić information content (AvgIpc) is 2.01. The standard InChI is InChI=1S/C8H9O4P/c1-5(13(11)12)6-2-7(9)4-8(10)3-6/h2-5H,1H3,(H2-,9,10,11,12)/p+1. The number of hydrogen-bond donors (Lipinski definition) is 3. The minimum atomic E-state index is -2.33. The van der Waals surface area contributed by atoms with Crippen molar-refractivity contribution in [2.75, 3.05) is 0 Å². The molecule has 5 heteroatoms. The molecule has 70 valence electrons. The van der Waals surface area contributed by atoms with Crippen molar-refractivity contribution in [2.45, 2.75) is 12.6 Å². The summed E-state index contributed by atoms with van der Waals surface area (Å²) < 4.78 is 10.7. The second-order valence-electron chi connectivity index (χ2n) is 2.76. The average molecular weight is 201 g/mol. The van der Waals surface area contributed by atoms with Crippen LogP contribution in [0.2, 0.25) is 0 Å². The van der Waals surface area contributed by atoms with E-state index in [4.69, 9.17) is 15.1 Å². The van der Waals surface area contributed by atoms with Gasteiger partial charge in [0.15, 0.2) is 0 Å². The molecule has 3 N–H and O–H groups in total. The quantitative estimate of drug-likeness (QED) is 0.638. The molecule has 1 rings (SSSR count). The van der Waals surface area contributed by atoms with Crippen LogP contribution in [-0.4, -0.2) is 15.1 Å². The van der Waals surface area contributed by atoms with Gasteiger partial charge in [-0.3, -0.25) is 0 Å². The van der Waals surface area contributed by atoms with Gasteiger partial charge in [0.2, 0.25) is 5.66 Å². The molecular weight excluding hydrogens is 191 g/mol. The zero-order valence-electron chi connectivity index (χ0n) is 7.01. The van der Waals surface area contributed by atoms with Crippen molar-refractivity contribution in [3.63, 3.8) is 0 Å². The second kappa shape index (κ2) is 3.73. The van der Waals surface area contributed by atoms with Gasteiger partial charge in [-0.2, -0.15) is 4.89 Å². The van der Waals surface area contributed by atoms with Gasteiger partial charge in [0.1, 0.15) is 11.5 Å². The molecule has 0 fully saturated rings. The SMILES string of the molecule is CC(c1cc(O)cc(O)c1)[P+](=O)O. The summed E-state index contributed by atoms with van der Waals surface area (Å²) in [5, 5.41) is 18.2. The summed E-state index contributed by atoms with van der Waals surface area (Å²) in [7, 11) is -2.33. The molecule has 0 saturated heterocycles. The van der Waals surface area contributed by atoms with Gasteiger partial charge in [-0.15, -0.1) is 0 Å². The maximum Gasteiger partial charge on any atom is 0.513 e. The summed E-state index contributed by atoms with van der Waals surface area (Å²) in [5.41, 5.74) is -0.144. The van der Waals surface area contributed by atoms with Gasteiger partial charge in [0.25, 0.3) is 0 Å². The first-order valence-electron chi connectivity index (χ1n) is 3.69. The van der Waals surface area contributed by atoms with Crippen molar-refractivity contribution in [3.8, 4) is 11.5 Å². The monoisotopic (exact) mass is 201 g/mol. The fraction of sp³-hybridized carbons (Fsp3) is 0.250. The zero-order valence-corrected chi connectivity index (χ0v) is 7.90. The van der Waals surface area contributed by atoms with E-state index in [1.54, 1.807) is 6.92 Å². The molecule has 0 aliphatic heterocycles. The Bertz CT molecular complexity index is 317. The highest BCUT2D eigenvalue weighted by molar-refractivity contribution is 7.38. The molecule has 1 aromatic carbocycles. The lowest BCUT2D eigenvalue weighted by Crippen LogP contribution is -1.87. The maximum absolute atomic E-state index is 10.7. The Hall–Kier alpha value is -1.12. The Balaban J connectivity index is 3.07. The lowest BCUT2D eigenvalue weighted by Gasteiger charge is -2.01. The van der Waals surface area contributed by atoms with Crippen LogP contribution in [0, 0.1) is 0 Å². The molecule has 0 aliphatic carbocycles. The number of phenolic OH excluding ortho intramolecular Hbond substituents is 2. The van der Waals surface area contributed by atoms with Crippen molar-refractivity contribution in [2.24, 2.45) is 0 Å². The van der Waals surface area contributed by atoms with Crippen LogP contribution in [0.1, 0.15) is 18.1 Å². The summed E-state index contributed by atoms with van der Waals surface area (Å²) in [5.74, 6) is -0.225. The van der Waals surface area contributed by atoms with Crippen molar-refractivity contribution in [3.05, 3.63) is 23.8 Å². The Morgan fingerprint density at radius 3 is 2.08 bits per heavy atom. The van der Waals surface area contributed by atoms with Gasteiger partial charge in [0, 0.05) is 11.6 Å². The molecule has 0 aromatic heterocycles. The van der Waals surface area contributed by atoms with Gasteiger partial charge in [0.05, 0.1) is 0 Å². The summed E-state index contributed by atoms with van der Waals surface area (Å²) in [6, 6.07) is 3.88. The van der Waals surface area contributed by atoms with E-state index >= 15 is 0 Å². The highest BCUT2D eigenvalue weighted by atomic mass is 31.1. The van der Waals surface area contributed by atoms with Crippen LogP contribution in [0.25, 0.3) is 0 Å². The molecule has 0 saturated carbocycles. The van der Waals surface area contributed by atoms with Gasteiger partial charge >= 0.3 is 8.03 Å². The van der Waals surface area contributed by atoms with Gasteiger partial charge in [-0.05, 0) is 23.6 Å². The van der Waals surface area contributed by atoms with Crippen LogP contribution in [-0.2, 0) is 4.57 Å². The molecule has 2 unspecified atom stereocenters. The molecule has 2 atom stereocenters. The number of rotatable bonds is 2. The molecule has 0 spiro atoms. The number of aromatic hydroxyl groups is 2. The molecule has 0 aliphatic rings. The predicted molar refractivity (Wildman–Crippen MR) is 48.0 cm³/mol. The first-order chi connectivity index (χ1) is 6.00. The third kappa shape index (κ3) is 2.41. The molecule has 4 nitrogen and oxygen atoms in total. The van der Waals surface area contributed by atoms with Crippen molar-refractivity contribution < 1.29 is 19.7 Å². The molecule has 0 bridgehead atoms. The largest absolute Gasteiger partial charge is 0.513 e. The molecule has 0 radical (unpaired) electrons. The second-order valence-corrected chi connectivity index (χ2v) is 4.14. The van der Waals surface area contributed by atoms with Crippen LogP contribution in [0.4, 0.5) is 0 Å². The summed E-state index contributed by atoms with van der Waals surface area (Å²) in [6.07, 6.45) is 0. The van der Waals surface area contributed by atoms with Gasteiger partial charge in [-0.1, -0.05) is 0 Å². The minimum Gasteiger partial charge on any atom is -0.508 e. The highest BCUT2D eigenvalue weighted by Crippen LogP contribution is 2.39. The van der Waals surface area contributed by atoms with Crippen LogP contribution in [0.3, 0.4) is 0 Å². The third-order valence-electron chi connectivity index (χ3n) is 1.74. The van der Waals surface area contributed by atoms with Crippen LogP contribution >= 0.6 is 8.03 Å². The summed E-state index contributed by atoms with van der Waals surface area (Å²) >= 11 is 0. The normalized spacial score (nSPS) is 13.8. The van der Waals surface area contributed by atoms with E-state index in [0.29, 0.717) is 5.56 Å². The van der Waals surface area contributed by atoms with E-state index in [1.165, 1.54) is 18.2 Å². The minimum absolute atomic E-state index is 0.112. The molecule has 0 heterocycles. The Morgan fingerprint density at radius 1 is 1.23 bits per heavy atom. The van der Waals surface area contributed by atoms with Crippen LogP contribution in [0.5, 0.6) is 11.5 Å². The summed E-state index contributed by atoms with van der Waals surface area (Å²) in [4.78, 5) is 8.80. The summed E-state index contributed by atoms with van der Waals surface area (Å²) in [6.45, 7) is 1.55. The molecule has 0 amide bonds. The van der Waals surface area contributed by atoms with E-state index < -0.39 is 13.7 Å². The first kappa shape index (κ1) is 9.96. The maximum atomic E-state index is 10.7. The van der Waals surface area contributed by atoms with E-state index in [2.05, 4.69) is 0 Å². The van der Waals surface area contributed by atoms with Crippen molar-refractivity contribution >= 4 is 8.03 Å². The third-order valence-corrected chi connectivity index (χ3v) is 2.70. The topological polar surface area (TPSA) is 77.8 Å². The van der Waals surface area contributed by atoms with Crippen LogP contribution < -0.4 is 0 Å². The van der Waals surface area contributed by atoms with Crippen molar-refractivity contribution in [1.82, 2.24) is 0 Å².